The van der Waals surface area contributed by atoms with Gasteiger partial charge in [0, 0.05) is 18.5 Å². The number of amides is 3. The molecule has 1 N–H and O–H groups in total. The minimum atomic E-state index is -1.08. The fraction of sp³-hybridized carbons (Fsp3) is 0.471. The van der Waals surface area contributed by atoms with Gasteiger partial charge in [-0.05, 0) is 22.9 Å². The van der Waals surface area contributed by atoms with Crippen molar-refractivity contribution in [2.45, 2.75) is 44.8 Å². The second-order valence-corrected chi connectivity index (χ2v) is 6.49. The maximum atomic E-state index is 13.2. The van der Waals surface area contributed by atoms with E-state index in [-0.39, 0.29) is 12.5 Å². The third-order valence-electron chi connectivity index (χ3n) is 4.89. The van der Waals surface area contributed by atoms with Gasteiger partial charge in [-0.1, -0.05) is 31.5 Å². The molecule has 4 rings (SSSR count). The number of urea groups is 1. The first kappa shape index (κ1) is 16.5. The van der Waals surface area contributed by atoms with Crippen molar-refractivity contribution in [1.82, 2.24) is 30.4 Å². The Balaban J connectivity index is 1.62. The van der Waals surface area contributed by atoms with Crippen molar-refractivity contribution in [3.63, 3.8) is 0 Å². The lowest BCUT2D eigenvalue weighted by Crippen LogP contribution is -2.47. The lowest BCUT2D eigenvalue weighted by molar-refractivity contribution is -0.133. The summed E-state index contributed by atoms with van der Waals surface area (Å²) in [5.41, 5.74) is -0.383. The number of aryl methyl sites for hydroxylation is 1. The third-order valence-corrected chi connectivity index (χ3v) is 4.89. The molecule has 1 saturated heterocycles. The Bertz CT molecular complexity index is 851. The number of hydrogen-bond donors (Lipinski definition) is 1. The molecule has 0 unspecified atom stereocenters. The number of imide groups is 1. The zero-order valence-electron chi connectivity index (χ0n) is 14.5. The van der Waals surface area contributed by atoms with E-state index in [1.807, 2.05) is 24.3 Å². The molecule has 1 aromatic heterocycles. The number of hydrogen-bond acceptors (Lipinski definition) is 6. The van der Waals surface area contributed by atoms with E-state index in [1.165, 1.54) is 4.90 Å². The predicted molar refractivity (Wildman–Crippen MR) is 90.0 cm³/mol. The van der Waals surface area contributed by atoms with Crippen molar-refractivity contribution in [1.29, 1.82) is 0 Å². The molecule has 0 bridgehead atoms. The number of fused-ring (bicyclic) bond motifs is 2. The molecule has 2 aliphatic heterocycles. The van der Waals surface area contributed by atoms with Gasteiger partial charge < -0.3 is 10.1 Å². The number of ether oxygens (including phenoxy) is 1. The van der Waals surface area contributed by atoms with Gasteiger partial charge >= 0.3 is 6.03 Å². The van der Waals surface area contributed by atoms with E-state index in [1.54, 1.807) is 4.68 Å². The van der Waals surface area contributed by atoms with Gasteiger partial charge in [-0.15, -0.1) is 5.10 Å². The summed E-state index contributed by atoms with van der Waals surface area (Å²) >= 11 is 0. The number of para-hydroxylation sites is 1. The largest absolute Gasteiger partial charge is 0.493 e. The summed E-state index contributed by atoms with van der Waals surface area (Å²) in [6.07, 6.45) is 2.32. The number of nitrogens with one attached hydrogen (secondary N) is 1. The molecule has 1 aromatic carbocycles. The summed E-state index contributed by atoms with van der Waals surface area (Å²) in [5, 5.41) is 14.5. The first-order valence-corrected chi connectivity index (χ1v) is 8.77. The maximum Gasteiger partial charge on any atom is 0.325 e. The second-order valence-electron chi connectivity index (χ2n) is 6.49. The summed E-state index contributed by atoms with van der Waals surface area (Å²) in [6, 6.07) is 6.88. The van der Waals surface area contributed by atoms with Gasteiger partial charge in [0.1, 0.15) is 5.75 Å². The van der Waals surface area contributed by atoms with Crippen LogP contribution in [0.1, 0.15) is 37.6 Å². The Morgan fingerprint density at radius 3 is 3.00 bits per heavy atom. The van der Waals surface area contributed by atoms with E-state index >= 15 is 0 Å². The Labute approximate surface area is 150 Å². The quantitative estimate of drug-likeness (QED) is 0.808. The molecule has 136 valence electrons. The SMILES string of the molecule is CCCCn1nnnc1CN1C(=O)N[C@@]2(CCOc3ccccc32)C1=O. The molecule has 9 heteroatoms. The van der Waals surface area contributed by atoms with Crippen LogP contribution in [0, 0.1) is 0 Å². The van der Waals surface area contributed by atoms with Gasteiger partial charge in [-0.3, -0.25) is 9.69 Å². The molecule has 0 saturated carbocycles. The molecule has 2 aliphatic rings. The minimum Gasteiger partial charge on any atom is -0.493 e. The number of rotatable bonds is 5. The summed E-state index contributed by atoms with van der Waals surface area (Å²) < 4.78 is 7.29. The Kier molecular flexibility index (Phi) is 4.06. The topological polar surface area (TPSA) is 102 Å². The van der Waals surface area contributed by atoms with Gasteiger partial charge in [0.05, 0.1) is 13.2 Å². The van der Waals surface area contributed by atoms with E-state index < -0.39 is 11.6 Å². The number of unbranched alkanes of at least 4 members (excludes halogenated alkanes) is 1. The van der Waals surface area contributed by atoms with Crippen LogP contribution in [0.2, 0.25) is 0 Å². The molecule has 1 spiro atoms. The van der Waals surface area contributed by atoms with Gasteiger partial charge in [-0.2, -0.15) is 0 Å². The van der Waals surface area contributed by atoms with Gasteiger partial charge in [0.15, 0.2) is 11.4 Å². The highest BCUT2D eigenvalue weighted by Crippen LogP contribution is 2.41. The first-order valence-electron chi connectivity index (χ1n) is 8.77. The molecule has 0 aliphatic carbocycles. The van der Waals surface area contributed by atoms with Crippen LogP contribution < -0.4 is 10.1 Å². The number of carbonyl (C=O) groups excluding carboxylic acids is 2. The van der Waals surface area contributed by atoms with Gasteiger partial charge in [-0.25, -0.2) is 9.48 Å². The lowest BCUT2D eigenvalue weighted by atomic mass is 9.84. The standard InChI is InChI=1S/C17H20N6O3/c1-2-3-9-23-14(19-20-21-23)11-22-15(24)17(18-16(22)25)8-10-26-13-7-5-4-6-12(13)17/h4-7H,2-3,8-11H2,1H3,(H,18,25)/t17-/m1/s1. The van der Waals surface area contributed by atoms with E-state index in [0.29, 0.717) is 36.7 Å². The van der Waals surface area contributed by atoms with Crippen molar-refractivity contribution in [2.75, 3.05) is 6.61 Å². The molecule has 0 radical (unpaired) electrons. The average Bonchev–Trinajstić information content (AvgIpc) is 3.19. The highest BCUT2D eigenvalue weighted by Gasteiger charge is 2.55. The normalized spacial score (nSPS) is 21.7. The minimum absolute atomic E-state index is 0.0478. The summed E-state index contributed by atoms with van der Waals surface area (Å²) in [5.74, 6) is 0.838. The Morgan fingerprint density at radius 1 is 1.31 bits per heavy atom. The number of aromatic nitrogens is 4. The summed E-state index contributed by atoms with van der Waals surface area (Å²) in [7, 11) is 0. The van der Waals surface area contributed by atoms with Crippen molar-refractivity contribution in [3.8, 4) is 5.75 Å². The average molecular weight is 356 g/mol. The van der Waals surface area contributed by atoms with Crippen LogP contribution in [-0.4, -0.2) is 43.7 Å². The van der Waals surface area contributed by atoms with Crippen molar-refractivity contribution >= 4 is 11.9 Å². The molecule has 1 atom stereocenters. The van der Waals surface area contributed by atoms with Crippen LogP contribution in [0.15, 0.2) is 24.3 Å². The molecule has 1 fully saturated rings. The van der Waals surface area contributed by atoms with Crippen LogP contribution in [0.4, 0.5) is 4.79 Å². The second kappa shape index (κ2) is 6.40. The van der Waals surface area contributed by atoms with Crippen LogP contribution in [-0.2, 0) is 23.4 Å². The molecular weight excluding hydrogens is 336 g/mol. The number of carbonyl (C=O) groups is 2. The summed E-state index contributed by atoms with van der Waals surface area (Å²) in [4.78, 5) is 27.0. The Morgan fingerprint density at radius 2 is 2.15 bits per heavy atom. The molecule has 3 heterocycles. The van der Waals surface area contributed by atoms with E-state index in [0.717, 1.165) is 12.8 Å². The fourth-order valence-corrected chi connectivity index (χ4v) is 3.47. The zero-order valence-corrected chi connectivity index (χ0v) is 14.5. The highest BCUT2D eigenvalue weighted by atomic mass is 16.5. The Hall–Kier alpha value is -2.97. The maximum absolute atomic E-state index is 13.2. The van der Waals surface area contributed by atoms with Crippen LogP contribution in [0.3, 0.4) is 0 Å². The van der Waals surface area contributed by atoms with E-state index in [4.69, 9.17) is 4.74 Å². The van der Waals surface area contributed by atoms with Gasteiger partial charge in [0.25, 0.3) is 5.91 Å². The molecular formula is C17H20N6O3. The number of benzene rings is 1. The fourth-order valence-electron chi connectivity index (χ4n) is 3.47. The highest BCUT2D eigenvalue weighted by molar-refractivity contribution is 6.07. The lowest BCUT2D eigenvalue weighted by Gasteiger charge is -2.33. The monoisotopic (exact) mass is 356 g/mol. The van der Waals surface area contributed by atoms with E-state index in [9.17, 15) is 9.59 Å². The molecule has 26 heavy (non-hydrogen) atoms. The van der Waals surface area contributed by atoms with Crippen molar-refractivity contribution in [2.24, 2.45) is 0 Å². The molecule has 2 aromatic rings. The van der Waals surface area contributed by atoms with Crippen LogP contribution in [0.5, 0.6) is 5.75 Å². The van der Waals surface area contributed by atoms with Gasteiger partial charge in [0.2, 0.25) is 0 Å². The van der Waals surface area contributed by atoms with E-state index in [2.05, 4.69) is 27.8 Å². The van der Waals surface area contributed by atoms with Crippen LogP contribution in [0.25, 0.3) is 0 Å². The van der Waals surface area contributed by atoms with Crippen molar-refractivity contribution < 1.29 is 14.3 Å². The first-order chi connectivity index (χ1) is 12.7. The van der Waals surface area contributed by atoms with Crippen molar-refractivity contribution in [3.05, 3.63) is 35.7 Å². The summed E-state index contributed by atoms with van der Waals surface area (Å²) in [6.45, 7) is 3.15. The molecule has 3 amide bonds. The third kappa shape index (κ3) is 2.51. The molecule has 9 nitrogen and oxygen atoms in total. The predicted octanol–water partition coefficient (Wildman–Crippen LogP) is 1.20. The number of tetrazole rings is 1. The smallest absolute Gasteiger partial charge is 0.325 e. The number of nitrogens with zero attached hydrogens (tertiary/aromatic N) is 5. The van der Waals surface area contributed by atoms with Crippen LogP contribution >= 0.6 is 0 Å². The zero-order chi connectivity index (χ0) is 18.1.